The van der Waals surface area contributed by atoms with Crippen LogP contribution in [0, 0.1) is 16.0 Å². The lowest BCUT2D eigenvalue weighted by Gasteiger charge is -2.35. The van der Waals surface area contributed by atoms with Gasteiger partial charge in [0.2, 0.25) is 5.91 Å². The zero-order chi connectivity index (χ0) is 19.0. The van der Waals surface area contributed by atoms with Crippen molar-refractivity contribution in [1.29, 1.82) is 0 Å². The van der Waals surface area contributed by atoms with Gasteiger partial charge in [0.25, 0.3) is 11.6 Å². The van der Waals surface area contributed by atoms with Gasteiger partial charge >= 0.3 is 0 Å². The monoisotopic (exact) mass is 385 g/mol. The van der Waals surface area contributed by atoms with Crippen LogP contribution in [0.5, 0.6) is 0 Å². The molecule has 1 saturated carbocycles. The first-order valence-electron chi connectivity index (χ1n) is 8.90. The van der Waals surface area contributed by atoms with Gasteiger partial charge in [0.1, 0.15) is 0 Å². The van der Waals surface area contributed by atoms with Crippen LogP contribution >= 0.6 is 11.3 Å². The van der Waals surface area contributed by atoms with Gasteiger partial charge in [-0.05, 0) is 23.9 Å². The quantitative estimate of drug-likeness (QED) is 0.598. The standard InChI is InChI=1S/C19H19N3O4S/c23-18(13-3-1-4-14(11-13)22(25)26)20-6-8-21(9-7-20)19(24)16-12-15(16)17-5-2-10-27-17/h1-5,10-11,15-16H,6-9,12H2. The highest BCUT2D eigenvalue weighted by molar-refractivity contribution is 7.10. The molecule has 27 heavy (non-hydrogen) atoms. The third-order valence-electron chi connectivity index (χ3n) is 5.20. The molecule has 0 radical (unpaired) electrons. The molecule has 8 heteroatoms. The highest BCUT2D eigenvalue weighted by atomic mass is 32.1. The minimum atomic E-state index is -0.507. The van der Waals surface area contributed by atoms with E-state index in [1.54, 1.807) is 22.3 Å². The Morgan fingerprint density at radius 1 is 1.07 bits per heavy atom. The van der Waals surface area contributed by atoms with E-state index in [-0.39, 0.29) is 23.4 Å². The summed E-state index contributed by atoms with van der Waals surface area (Å²) in [5.74, 6) is 0.370. The number of carbonyl (C=O) groups excluding carboxylic acids is 2. The zero-order valence-electron chi connectivity index (χ0n) is 14.6. The van der Waals surface area contributed by atoms with E-state index in [2.05, 4.69) is 6.07 Å². The minimum Gasteiger partial charge on any atom is -0.339 e. The van der Waals surface area contributed by atoms with E-state index < -0.39 is 4.92 Å². The molecule has 1 saturated heterocycles. The molecular weight excluding hydrogens is 366 g/mol. The van der Waals surface area contributed by atoms with Gasteiger partial charge < -0.3 is 9.80 Å². The number of nitro groups is 1. The summed E-state index contributed by atoms with van der Waals surface area (Å²) in [6.07, 6.45) is 0.909. The van der Waals surface area contributed by atoms with Crippen LogP contribution < -0.4 is 0 Å². The maximum absolute atomic E-state index is 12.7. The molecule has 140 valence electrons. The van der Waals surface area contributed by atoms with Crippen molar-refractivity contribution in [1.82, 2.24) is 9.80 Å². The van der Waals surface area contributed by atoms with Gasteiger partial charge in [-0.2, -0.15) is 0 Å². The zero-order valence-corrected chi connectivity index (χ0v) is 15.4. The molecule has 0 bridgehead atoms. The predicted octanol–water partition coefficient (Wildman–Crippen LogP) is 2.74. The number of carbonyl (C=O) groups is 2. The first kappa shape index (κ1) is 17.7. The summed E-state index contributed by atoms with van der Waals surface area (Å²) in [4.78, 5) is 40.4. The smallest absolute Gasteiger partial charge is 0.270 e. The maximum Gasteiger partial charge on any atom is 0.270 e. The van der Waals surface area contributed by atoms with Crippen LogP contribution in [0.15, 0.2) is 41.8 Å². The number of nitrogens with zero attached hydrogens (tertiary/aromatic N) is 3. The lowest BCUT2D eigenvalue weighted by atomic mass is 10.1. The summed E-state index contributed by atoms with van der Waals surface area (Å²) in [6, 6.07) is 9.87. The maximum atomic E-state index is 12.7. The van der Waals surface area contributed by atoms with Crippen molar-refractivity contribution < 1.29 is 14.5 Å². The van der Waals surface area contributed by atoms with Crippen molar-refractivity contribution >= 4 is 28.8 Å². The van der Waals surface area contributed by atoms with Gasteiger partial charge in [-0.3, -0.25) is 19.7 Å². The first-order chi connectivity index (χ1) is 13.0. The molecule has 1 aromatic heterocycles. The lowest BCUT2D eigenvalue weighted by Crippen LogP contribution is -2.51. The molecule has 4 rings (SSSR count). The summed E-state index contributed by atoms with van der Waals surface area (Å²) in [5.41, 5.74) is 0.215. The molecule has 0 spiro atoms. The Kier molecular flexibility index (Phi) is 4.65. The number of hydrogen-bond acceptors (Lipinski definition) is 5. The molecule has 2 atom stereocenters. The summed E-state index contributed by atoms with van der Waals surface area (Å²) < 4.78 is 0. The van der Waals surface area contributed by atoms with Gasteiger partial charge in [-0.15, -0.1) is 11.3 Å². The summed E-state index contributed by atoms with van der Waals surface area (Å²) in [5, 5.41) is 12.9. The van der Waals surface area contributed by atoms with E-state index in [9.17, 15) is 19.7 Å². The van der Waals surface area contributed by atoms with Crippen molar-refractivity contribution in [3.63, 3.8) is 0 Å². The number of hydrogen-bond donors (Lipinski definition) is 0. The number of thiophene rings is 1. The predicted molar refractivity (Wildman–Crippen MR) is 101 cm³/mol. The van der Waals surface area contributed by atoms with Crippen LogP contribution in [0.25, 0.3) is 0 Å². The van der Waals surface area contributed by atoms with Gasteiger partial charge in [-0.1, -0.05) is 12.1 Å². The van der Waals surface area contributed by atoms with E-state index in [0.29, 0.717) is 37.7 Å². The Hall–Kier alpha value is -2.74. The highest BCUT2D eigenvalue weighted by Gasteiger charge is 2.46. The summed E-state index contributed by atoms with van der Waals surface area (Å²) in [7, 11) is 0. The number of rotatable bonds is 4. The van der Waals surface area contributed by atoms with E-state index >= 15 is 0 Å². The van der Waals surface area contributed by atoms with Gasteiger partial charge in [0, 0.05) is 60.6 Å². The average molecular weight is 385 g/mol. The second-order valence-corrected chi connectivity index (χ2v) is 7.87. The molecule has 1 aromatic carbocycles. The molecule has 1 aliphatic carbocycles. The van der Waals surface area contributed by atoms with Gasteiger partial charge in [0.05, 0.1) is 4.92 Å². The molecule has 2 aliphatic rings. The fourth-order valence-electron chi connectivity index (χ4n) is 3.58. The van der Waals surface area contributed by atoms with Crippen LogP contribution in [-0.2, 0) is 4.79 Å². The van der Waals surface area contributed by atoms with E-state index in [1.807, 2.05) is 16.3 Å². The molecular formula is C19H19N3O4S. The molecule has 2 unspecified atom stereocenters. The number of non-ortho nitro benzene ring substituents is 1. The molecule has 2 aromatic rings. The normalized spacial score (nSPS) is 21.8. The molecule has 7 nitrogen and oxygen atoms in total. The highest BCUT2D eigenvalue weighted by Crippen LogP contribution is 2.50. The Labute approximate surface area is 160 Å². The van der Waals surface area contributed by atoms with E-state index in [0.717, 1.165) is 6.42 Å². The Balaban J connectivity index is 1.34. The molecule has 2 heterocycles. The summed E-state index contributed by atoms with van der Waals surface area (Å²) >= 11 is 1.69. The largest absolute Gasteiger partial charge is 0.339 e. The molecule has 1 aliphatic heterocycles. The first-order valence-corrected chi connectivity index (χ1v) is 9.78. The van der Waals surface area contributed by atoms with Crippen molar-refractivity contribution in [2.75, 3.05) is 26.2 Å². The van der Waals surface area contributed by atoms with Gasteiger partial charge in [0.15, 0.2) is 0 Å². The number of nitro benzene ring substituents is 1. The molecule has 0 N–H and O–H groups in total. The van der Waals surface area contributed by atoms with Crippen molar-refractivity contribution in [2.45, 2.75) is 12.3 Å². The van der Waals surface area contributed by atoms with Crippen molar-refractivity contribution in [2.24, 2.45) is 5.92 Å². The Morgan fingerprint density at radius 3 is 2.48 bits per heavy atom. The third kappa shape index (κ3) is 3.57. The number of piperazine rings is 1. The molecule has 2 amide bonds. The minimum absolute atomic E-state index is 0.0719. The Bertz CT molecular complexity index is 875. The van der Waals surface area contributed by atoms with Gasteiger partial charge in [-0.25, -0.2) is 0 Å². The number of benzene rings is 1. The third-order valence-corrected chi connectivity index (χ3v) is 6.20. The van der Waals surface area contributed by atoms with Crippen LogP contribution in [0.1, 0.15) is 27.6 Å². The Morgan fingerprint density at radius 2 is 1.81 bits per heavy atom. The van der Waals surface area contributed by atoms with Crippen LogP contribution in [0.3, 0.4) is 0 Å². The van der Waals surface area contributed by atoms with Crippen molar-refractivity contribution in [3.05, 3.63) is 62.3 Å². The van der Waals surface area contributed by atoms with Crippen molar-refractivity contribution in [3.8, 4) is 0 Å². The van der Waals surface area contributed by atoms with Crippen LogP contribution in [-0.4, -0.2) is 52.7 Å². The SMILES string of the molecule is O=C(c1cccc([N+](=O)[O-])c1)N1CCN(C(=O)C2CC2c2cccs2)CC1. The second kappa shape index (κ2) is 7.11. The fourth-order valence-corrected chi connectivity index (χ4v) is 4.49. The van der Waals surface area contributed by atoms with E-state index in [1.165, 1.54) is 23.1 Å². The average Bonchev–Trinajstić information content (AvgIpc) is 3.31. The topological polar surface area (TPSA) is 83.8 Å². The fraction of sp³-hybridized carbons (Fsp3) is 0.368. The second-order valence-electron chi connectivity index (χ2n) is 6.89. The van der Waals surface area contributed by atoms with E-state index in [4.69, 9.17) is 0 Å². The number of amides is 2. The lowest BCUT2D eigenvalue weighted by molar-refractivity contribution is -0.384. The summed E-state index contributed by atoms with van der Waals surface area (Å²) in [6.45, 7) is 1.91. The van der Waals surface area contributed by atoms with Crippen LogP contribution in [0.4, 0.5) is 5.69 Å². The van der Waals surface area contributed by atoms with Crippen LogP contribution in [0.2, 0.25) is 0 Å². The molecule has 2 fully saturated rings.